The van der Waals surface area contributed by atoms with Crippen molar-refractivity contribution in [3.8, 4) is 5.75 Å². The third-order valence-electron chi connectivity index (χ3n) is 3.98. The number of amides is 1. The van der Waals surface area contributed by atoms with Gasteiger partial charge in [-0.1, -0.05) is 12.1 Å². The maximum absolute atomic E-state index is 12.7. The number of aromatic amines is 1. The summed E-state index contributed by atoms with van der Waals surface area (Å²) in [6.45, 7) is 3.36. The van der Waals surface area contributed by atoms with E-state index in [0.717, 1.165) is 16.6 Å². The number of H-pyrrole nitrogens is 1. The van der Waals surface area contributed by atoms with Crippen molar-refractivity contribution in [2.24, 2.45) is 0 Å². The lowest BCUT2D eigenvalue weighted by Gasteiger charge is -2.06. The Morgan fingerprint density at radius 2 is 1.79 bits per heavy atom. The molecule has 0 spiro atoms. The summed E-state index contributed by atoms with van der Waals surface area (Å²) in [5, 5.41) is 3.68. The first-order chi connectivity index (χ1) is 11.5. The molecule has 0 fully saturated rings. The molecule has 24 heavy (non-hydrogen) atoms. The number of carbonyl (C=O) groups excluding carboxylic acids is 2. The van der Waals surface area contributed by atoms with Crippen LogP contribution in [0.5, 0.6) is 5.75 Å². The maximum atomic E-state index is 12.7. The van der Waals surface area contributed by atoms with Crippen LogP contribution in [0.25, 0.3) is 10.9 Å². The lowest BCUT2D eigenvalue weighted by Crippen LogP contribution is -2.12. The fourth-order valence-corrected chi connectivity index (χ4v) is 2.76. The number of nitrogens with one attached hydrogen (secondary N) is 2. The van der Waals surface area contributed by atoms with Crippen LogP contribution in [0.2, 0.25) is 0 Å². The Morgan fingerprint density at radius 3 is 2.42 bits per heavy atom. The Kier molecular flexibility index (Phi) is 4.08. The van der Waals surface area contributed by atoms with Crippen LogP contribution >= 0.6 is 0 Å². The van der Waals surface area contributed by atoms with E-state index in [4.69, 9.17) is 4.74 Å². The molecule has 0 saturated heterocycles. The second kappa shape index (κ2) is 6.20. The summed E-state index contributed by atoms with van der Waals surface area (Å²) in [6, 6.07) is 12.4. The Bertz CT molecular complexity index is 924. The van der Waals surface area contributed by atoms with Crippen LogP contribution < -0.4 is 10.1 Å². The number of para-hydroxylation sites is 1. The average Bonchev–Trinajstić information content (AvgIpc) is 2.91. The van der Waals surface area contributed by atoms with Gasteiger partial charge in [-0.2, -0.15) is 0 Å². The van der Waals surface area contributed by atoms with Gasteiger partial charge in [-0.15, -0.1) is 0 Å². The molecule has 0 saturated carbocycles. The smallest absolute Gasteiger partial charge is 0.258 e. The Hall–Kier alpha value is -3.08. The van der Waals surface area contributed by atoms with E-state index in [1.54, 1.807) is 31.4 Å². The van der Waals surface area contributed by atoms with Gasteiger partial charge in [0.05, 0.1) is 18.2 Å². The average molecular weight is 322 g/mol. The monoisotopic (exact) mass is 322 g/mol. The summed E-state index contributed by atoms with van der Waals surface area (Å²) < 4.78 is 5.33. The predicted molar refractivity (Wildman–Crippen MR) is 94.0 cm³/mol. The zero-order valence-corrected chi connectivity index (χ0v) is 13.8. The highest BCUT2D eigenvalue weighted by atomic mass is 16.5. The predicted octanol–water partition coefficient (Wildman–Crippen LogP) is 3.94. The number of Topliss-reactive ketones (excluding diaryl/α,β-unsaturated/α-hetero) is 1. The van der Waals surface area contributed by atoms with E-state index in [2.05, 4.69) is 10.3 Å². The molecule has 1 amide bonds. The minimum Gasteiger partial charge on any atom is -0.495 e. The molecule has 0 aliphatic heterocycles. The summed E-state index contributed by atoms with van der Waals surface area (Å²) in [5.74, 6) is 0.482. The van der Waals surface area contributed by atoms with Gasteiger partial charge in [0.1, 0.15) is 5.75 Å². The molecule has 0 aliphatic rings. The van der Waals surface area contributed by atoms with Crippen molar-refractivity contribution in [1.29, 1.82) is 0 Å². The van der Waals surface area contributed by atoms with E-state index in [1.807, 2.05) is 25.1 Å². The zero-order valence-electron chi connectivity index (χ0n) is 13.8. The van der Waals surface area contributed by atoms with E-state index in [9.17, 15) is 9.59 Å². The van der Waals surface area contributed by atoms with Crippen LogP contribution in [0.1, 0.15) is 33.3 Å². The number of aryl methyl sites for hydroxylation is 1. The highest BCUT2D eigenvalue weighted by Gasteiger charge is 2.18. The molecular formula is C19H18N2O3. The summed E-state index contributed by atoms with van der Waals surface area (Å²) in [6.07, 6.45) is 0. The van der Waals surface area contributed by atoms with Gasteiger partial charge in [-0.25, -0.2) is 0 Å². The van der Waals surface area contributed by atoms with Crippen molar-refractivity contribution in [3.05, 3.63) is 59.3 Å². The van der Waals surface area contributed by atoms with Crippen LogP contribution in [0, 0.1) is 6.92 Å². The van der Waals surface area contributed by atoms with E-state index in [-0.39, 0.29) is 11.7 Å². The first-order valence-electron chi connectivity index (χ1n) is 7.59. The lowest BCUT2D eigenvalue weighted by atomic mass is 10.1. The molecule has 2 N–H and O–H groups in total. The fraction of sp³-hybridized carbons (Fsp3) is 0.158. The second-order valence-corrected chi connectivity index (χ2v) is 5.60. The first kappa shape index (κ1) is 15.8. The number of aromatic nitrogens is 1. The number of ether oxygens (including phenoxy) is 1. The quantitative estimate of drug-likeness (QED) is 0.715. The van der Waals surface area contributed by atoms with Gasteiger partial charge in [0.25, 0.3) is 5.91 Å². The maximum Gasteiger partial charge on any atom is 0.258 e. The van der Waals surface area contributed by atoms with Crippen molar-refractivity contribution in [1.82, 2.24) is 4.98 Å². The Labute approximate surface area is 139 Å². The van der Waals surface area contributed by atoms with Crippen molar-refractivity contribution < 1.29 is 14.3 Å². The molecular weight excluding hydrogens is 304 g/mol. The molecule has 0 radical (unpaired) electrons. The van der Waals surface area contributed by atoms with Crippen LogP contribution in [0.3, 0.4) is 0 Å². The number of ketones is 1. The lowest BCUT2D eigenvalue weighted by molar-refractivity contribution is 0.101. The van der Waals surface area contributed by atoms with Crippen LogP contribution in [0.4, 0.5) is 5.69 Å². The van der Waals surface area contributed by atoms with Gasteiger partial charge in [-0.3, -0.25) is 9.59 Å². The van der Waals surface area contributed by atoms with Gasteiger partial charge in [0.2, 0.25) is 0 Å². The molecule has 5 nitrogen and oxygen atoms in total. The molecule has 0 aliphatic carbocycles. The SMILES string of the molecule is COc1cccc2c(C(=O)Nc3ccc(C(C)=O)cc3)c(C)[nH]c12. The Balaban J connectivity index is 1.94. The Morgan fingerprint density at radius 1 is 1.08 bits per heavy atom. The molecule has 1 heterocycles. The minimum absolute atomic E-state index is 0.00700. The van der Waals surface area contributed by atoms with Crippen molar-refractivity contribution in [2.45, 2.75) is 13.8 Å². The number of hydrogen-bond acceptors (Lipinski definition) is 3. The second-order valence-electron chi connectivity index (χ2n) is 5.60. The number of rotatable bonds is 4. The standard InChI is InChI=1S/C19H18N2O3/c1-11-17(15-5-4-6-16(24-3)18(15)20-11)19(23)21-14-9-7-13(8-10-14)12(2)22/h4-10,20H,1-3H3,(H,21,23). The third-order valence-corrected chi connectivity index (χ3v) is 3.98. The van der Waals surface area contributed by atoms with Crippen molar-refractivity contribution in [2.75, 3.05) is 12.4 Å². The van der Waals surface area contributed by atoms with Gasteiger partial charge in [-0.05, 0) is 44.2 Å². The topological polar surface area (TPSA) is 71.2 Å². The number of carbonyl (C=O) groups is 2. The summed E-state index contributed by atoms with van der Waals surface area (Å²) in [7, 11) is 1.60. The largest absolute Gasteiger partial charge is 0.495 e. The zero-order chi connectivity index (χ0) is 17.3. The molecule has 3 rings (SSSR count). The summed E-state index contributed by atoms with van der Waals surface area (Å²) in [5.41, 5.74) is 3.41. The van der Waals surface area contributed by atoms with Crippen LogP contribution in [0.15, 0.2) is 42.5 Å². The first-order valence-corrected chi connectivity index (χ1v) is 7.59. The summed E-state index contributed by atoms with van der Waals surface area (Å²) in [4.78, 5) is 27.2. The summed E-state index contributed by atoms with van der Waals surface area (Å²) >= 11 is 0. The van der Waals surface area contributed by atoms with Gasteiger partial charge in [0.15, 0.2) is 5.78 Å². The molecule has 5 heteroatoms. The molecule has 1 aromatic heterocycles. The van der Waals surface area contributed by atoms with E-state index in [1.165, 1.54) is 6.92 Å². The fourth-order valence-electron chi connectivity index (χ4n) is 2.76. The van der Waals surface area contributed by atoms with E-state index < -0.39 is 0 Å². The van der Waals surface area contributed by atoms with E-state index in [0.29, 0.717) is 22.6 Å². The number of methoxy groups -OCH3 is 1. The minimum atomic E-state index is -0.206. The molecule has 2 aromatic carbocycles. The molecule has 0 atom stereocenters. The van der Waals surface area contributed by atoms with Crippen molar-refractivity contribution in [3.63, 3.8) is 0 Å². The molecule has 3 aromatic rings. The molecule has 0 unspecified atom stereocenters. The van der Waals surface area contributed by atoms with E-state index >= 15 is 0 Å². The van der Waals surface area contributed by atoms with Gasteiger partial charge in [0, 0.05) is 22.3 Å². The van der Waals surface area contributed by atoms with Gasteiger partial charge < -0.3 is 15.0 Å². The highest BCUT2D eigenvalue weighted by Crippen LogP contribution is 2.30. The van der Waals surface area contributed by atoms with Gasteiger partial charge >= 0.3 is 0 Å². The highest BCUT2D eigenvalue weighted by molar-refractivity contribution is 6.14. The van der Waals surface area contributed by atoms with Crippen LogP contribution in [-0.2, 0) is 0 Å². The number of fused-ring (bicyclic) bond motifs is 1. The number of hydrogen-bond donors (Lipinski definition) is 2. The number of benzene rings is 2. The number of anilines is 1. The normalized spacial score (nSPS) is 10.6. The third kappa shape index (κ3) is 2.76. The molecule has 0 bridgehead atoms. The molecule has 122 valence electrons. The van der Waals surface area contributed by atoms with Crippen molar-refractivity contribution >= 4 is 28.3 Å². The van der Waals surface area contributed by atoms with Crippen LogP contribution in [-0.4, -0.2) is 23.8 Å².